The van der Waals surface area contributed by atoms with Crippen LogP contribution in [0.15, 0.2) is 48.5 Å². The summed E-state index contributed by atoms with van der Waals surface area (Å²) in [5.74, 6) is 1.33. The van der Waals surface area contributed by atoms with Crippen LogP contribution in [0.5, 0.6) is 11.5 Å². The zero-order valence-corrected chi connectivity index (χ0v) is 14.7. The first-order valence-corrected chi connectivity index (χ1v) is 8.45. The van der Waals surface area contributed by atoms with Gasteiger partial charge >= 0.3 is 6.03 Å². The first-order chi connectivity index (χ1) is 12.2. The highest BCUT2D eigenvalue weighted by Gasteiger charge is 2.44. The molecule has 2 aromatic rings. The summed E-state index contributed by atoms with van der Waals surface area (Å²) in [7, 11) is 3.20. The molecule has 25 heavy (non-hydrogen) atoms. The molecule has 0 atom stereocenters. The van der Waals surface area contributed by atoms with Crippen molar-refractivity contribution >= 4 is 6.03 Å². The lowest BCUT2D eigenvalue weighted by Crippen LogP contribution is -2.39. The number of carbonyl (C=O) groups is 1. The Bertz CT molecular complexity index is 727. The molecule has 0 saturated heterocycles. The summed E-state index contributed by atoms with van der Waals surface area (Å²) in [5.41, 5.74) is 2.37. The van der Waals surface area contributed by atoms with Crippen LogP contribution in [0.2, 0.25) is 0 Å². The van der Waals surface area contributed by atoms with E-state index in [0.717, 1.165) is 18.4 Å². The molecular formula is C20H24N2O3. The van der Waals surface area contributed by atoms with Gasteiger partial charge in [-0.3, -0.25) is 0 Å². The van der Waals surface area contributed by atoms with Gasteiger partial charge in [0.25, 0.3) is 0 Å². The van der Waals surface area contributed by atoms with Gasteiger partial charge in [0.05, 0.1) is 14.2 Å². The van der Waals surface area contributed by atoms with E-state index in [9.17, 15) is 4.79 Å². The van der Waals surface area contributed by atoms with Crippen molar-refractivity contribution in [2.75, 3.05) is 20.8 Å². The van der Waals surface area contributed by atoms with Crippen LogP contribution in [0.3, 0.4) is 0 Å². The molecule has 0 radical (unpaired) electrons. The van der Waals surface area contributed by atoms with E-state index in [1.807, 2.05) is 36.4 Å². The minimum Gasteiger partial charge on any atom is -0.493 e. The Morgan fingerprint density at radius 1 is 1.00 bits per heavy atom. The maximum Gasteiger partial charge on any atom is 0.315 e. The average molecular weight is 340 g/mol. The molecule has 0 aromatic heterocycles. The highest BCUT2D eigenvalue weighted by Crippen LogP contribution is 2.47. The Balaban J connectivity index is 1.50. The van der Waals surface area contributed by atoms with Gasteiger partial charge in [0.15, 0.2) is 11.5 Å². The van der Waals surface area contributed by atoms with Gasteiger partial charge < -0.3 is 20.1 Å². The summed E-state index contributed by atoms with van der Waals surface area (Å²) in [6.07, 6.45) is 2.24. The second-order valence-corrected chi connectivity index (χ2v) is 6.37. The summed E-state index contributed by atoms with van der Waals surface area (Å²) in [6.45, 7) is 1.10. The van der Waals surface area contributed by atoms with Gasteiger partial charge in [-0.15, -0.1) is 0 Å². The molecule has 1 fully saturated rings. The summed E-state index contributed by atoms with van der Waals surface area (Å²) in [5, 5.41) is 5.89. The minimum absolute atomic E-state index is 0.113. The van der Waals surface area contributed by atoms with E-state index >= 15 is 0 Å². The number of amides is 2. The predicted molar refractivity (Wildman–Crippen MR) is 97.1 cm³/mol. The summed E-state index contributed by atoms with van der Waals surface area (Å²) in [6, 6.07) is 15.8. The smallest absolute Gasteiger partial charge is 0.315 e. The van der Waals surface area contributed by atoms with Gasteiger partial charge in [-0.2, -0.15) is 0 Å². The number of benzene rings is 2. The Kier molecular flexibility index (Phi) is 5.12. The summed E-state index contributed by atoms with van der Waals surface area (Å²) < 4.78 is 10.5. The number of carbonyl (C=O) groups excluding carboxylic acids is 1. The van der Waals surface area contributed by atoms with Gasteiger partial charge in [0, 0.05) is 18.5 Å². The number of rotatable bonds is 7. The highest BCUT2D eigenvalue weighted by atomic mass is 16.5. The van der Waals surface area contributed by atoms with Gasteiger partial charge in [0.2, 0.25) is 0 Å². The van der Waals surface area contributed by atoms with E-state index in [1.54, 1.807) is 14.2 Å². The molecule has 0 unspecified atom stereocenters. The zero-order chi connectivity index (χ0) is 17.7. The standard InChI is InChI=1S/C20H24N2O3/c1-24-17-9-8-15(12-18(17)25-2)13-21-19(23)22-14-20(10-11-20)16-6-4-3-5-7-16/h3-9,12H,10-11,13-14H2,1-2H3,(H2,21,22,23). The molecule has 2 N–H and O–H groups in total. The normalized spacial score (nSPS) is 14.5. The number of urea groups is 1. The van der Waals surface area contributed by atoms with Crippen molar-refractivity contribution in [3.8, 4) is 11.5 Å². The average Bonchev–Trinajstić information content (AvgIpc) is 3.46. The third kappa shape index (κ3) is 4.05. The van der Waals surface area contributed by atoms with E-state index in [4.69, 9.17) is 9.47 Å². The Morgan fingerprint density at radius 2 is 1.72 bits per heavy atom. The highest BCUT2D eigenvalue weighted by molar-refractivity contribution is 5.74. The molecule has 1 saturated carbocycles. The molecule has 0 heterocycles. The monoisotopic (exact) mass is 340 g/mol. The van der Waals surface area contributed by atoms with Crippen molar-refractivity contribution in [3.05, 3.63) is 59.7 Å². The van der Waals surface area contributed by atoms with Crippen LogP contribution < -0.4 is 20.1 Å². The molecule has 5 heteroatoms. The molecule has 2 amide bonds. The number of hydrogen-bond acceptors (Lipinski definition) is 3. The second-order valence-electron chi connectivity index (χ2n) is 6.37. The third-order valence-corrected chi connectivity index (χ3v) is 4.73. The molecule has 1 aliphatic carbocycles. The van der Waals surface area contributed by atoms with Crippen molar-refractivity contribution in [2.24, 2.45) is 0 Å². The molecule has 0 spiro atoms. The quantitative estimate of drug-likeness (QED) is 0.813. The number of nitrogens with one attached hydrogen (secondary N) is 2. The maximum absolute atomic E-state index is 12.1. The molecular weight excluding hydrogens is 316 g/mol. The first kappa shape index (κ1) is 17.1. The van der Waals surface area contributed by atoms with Crippen molar-refractivity contribution < 1.29 is 14.3 Å². The third-order valence-electron chi connectivity index (χ3n) is 4.73. The fraction of sp³-hybridized carbons (Fsp3) is 0.350. The molecule has 2 aromatic carbocycles. The second kappa shape index (κ2) is 7.47. The summed E-state index contributed by atoms with van der Waals surface area (Å²) >= 11 is 0. The SMILES string of the molecule is COc1ccc(CNC(=O)NCC2(c3ccccc3)CC2)cc1OC. The maximum atomic E-state index is 12.1. The van der Waals surface area contributed by atoms with Gasteiger partial charge in [-0.05, 0) is 36.1 Å². The Morgan fingerprint density at radius 3 is 2.36 bits per heavy atom. The van der Waals surface area contributed by atoms with Crippen molar-refractivity contribution in [1.29, 1.82) is 0 Å². The van der Waals surface area contributed by atoms with E-state index in [0.29, 0.717) is 24.6 Å². The fourth-order valence-electron chi connectivity index (χ4n) is 3.00. The molecule has 5 nitrogen and oxygen atoms in total. The molecule has 1 aliphatic rings. The molecule has 132 valence electrons. The van der Waals surface area contributed by atoms with Crippen LogP contribution in [0.25, 0.3) is 0 Å². The lowest BCUT2D eigenvalue weighted by molar-refractivity contribution is 0.239. The number of ether oxygens (including phenoxy) is 2. The van der Waals surface area contributed by atoms with Crippen molar-refractivity contribution in [1.82, 2.24) is 10.6 Å². The van der Waals surface area contributed by atoms with Gasteiger partial charge in [-0.1, -0.05) is 36.4 Å². The lowest BCUT2D eigenvalue weighted by atomic mass is 9.96. The van der Waals surface area contributed by atoms with Crippen LogP contribution >= 0.6 is 0 Å². The van der Waals surface area contributed by atoms with Crippen LogP contribution in [-0.2, 0) is 12.0 Å². The van der Waals surface area contributed by atoms with Gasteiger partial charge in [-0.25, -0.2) is 4.79 Å². The molecule has 0 aliphatic heterocycles. The van der Waals surface area contributed by atoms with E-state index in [-0.39, 0.29) is 11.4 Å². The van der Waals surface area contributed by atoms with Crippen molar-refractivity contribution in [2.45, 2.75) is 24.8 Å². The number of methoxy groups -OCH3 is 2. The minimum atomic E-state index is -0.156. The van der Waals surface area contributed by atoms with Crippen LogP contribution in [0, 0.1) is 0 Å². The van der Waals surface area contributed by atoms with E-state index in [2.05, 4.69) is 22.8 Å². The number of hydrogen-bond donors (Lipinski definition) is 2. The molecule has 0 bridgehead atoms. The molecule has 3 rings (SSSR count). The Labute approximate surface area is 148 Å². The first-order valence-electron chi connectivity index (χ1n) is 8.45. The van der Waals surface area contributed by atoms with Crippen LogP contribution in [0.4, 0.5) is 4.79 Å². The Hall–Kier alpha value is -2.69. The van der Waals surface area contributed by atoms with E-state index < -0.39 is 0 Å². The van der Waals surface area contributed by atoms with Crippen LogP contribution in [0.1, 0.15) is 24.0 Å². The van der Waals surface area contributed by atoms with Gasteiger partial charge in [0.1, 0.15) is 0 Å². The van der Waals surface area contributed by atoms with Crippen molar-refractivity contribution in [3.63, 3.8) is 0 Å². The summed E-state index contributed by atoms with van der Waals surface area (Å²) in [4.78, 5) is 12.1. The fourth-order valence-corrected chi connectivity index (χ4v) is 3.00. The van der Waals surface area contributed by atoms with E-state index in [1.165, 1.54) is 5.56 Å². The predicted octanol–water partition coefficient (Wildman–Crippen LogP) is 3.23. The lowest BCUT2D eigenvalue weighted by Gasteiger charge is -2.17. The van der Waals surface area contributed by atoms with Crippen LogP contribution in [-0.4, -0.2) is 26.8 Å². The zero-order valence-electron chi connectivity index (χ0n) is 14.7. The topological polar surface area (TPSA) is 59.6 Å². The largest absolute Gasteiger partial charge is 0.493 e.